The first kappa shape index (κ1) is 16.0. The van der Waals surface area contributed by atoms with E-state index < -0.39 is 0 Å². The summed E-state index contributed by atoms with van der Waals surface area (Å²) in [7, 11) is 1.80. The third-order valence-electron chi connectivity index (χ3n) is 3.98. The lowest BCUT2D eigenvalue weighted by molar-refractivity contribution is -0.117. The van der Waals surface area contributed by atoms with Gasteiger partial charge < -0.3 is 19.6 Å². The van der Waals surface area contributed by atoms with Crippen LogP contribution in [0.25, 0.3) is 11.2 Å². The molecule has 0 aliphatic heterocycles. The first-order chi connectivity index (χ1) is 12.0. The summed E-state index contributed by atoms with van der Waals surface area (Å²) in [4.78, 5) is 23.2. The lowest BCUT2D eigenvalue weighted by Crippen LogP contribution is -2.14. The van der Waals surface area contributed by atoms with Crippen LogP contribution in [0.3, 0.4) is 0 Å². The van der Waals surface area contributed by atoms with E-state index in [2.05, 4.69) is 20.3 Å². The minimum Gasteiger partial charge on any atom is -0.454 e. The van der Waals surface area contributed by atoms with Crippen molar-refractivity contribution in [1.29, 1.82) is 0 Å². The molecule has 0 saturated heterocycles. The molecule has 2 N–H and O–H groups in total. The number of halogens is 1. The molecule has 25 heavy (non-hydrogen) atoms. The first-order valence-corrected chi connectivity index (χ1v) is 8.49. The minimum absolute atomic E-state index is 0.0110. The van der Waals surface area contributed by atoms with Crippen LogP contribution in [-0.2, 0) is 11.8 Å². The van der Waals surface area contributed by atoms with Gasteiger partial charge in [-0.25, -0.2) is 9.97 Å². The van der Waals surface area contributed by atoms with Crippen LogP contribution in [0.15, 0.2) is 24.5 Å². The summed E-state index contributed by atoms with van der Waals surface area (Å²) < 4.78 is 8.09. The fourth-order valence-electron chi connectivity index (χ4n) is 2.46. The number of aromatic amines is 1. The summed E-state index contributed by atoms with van der Waals surface area (Å²) in [6.07, 6.45) is 4.96. The number of ether oxygens (including phenoxy) is 1. The zero-order valence-electron chi connectivity index (χ0n) is 13.2. The van der Waals surface area contributed by atoms with Crippen LogP contribution in [-0.4, -0.2) is 25.4 Å². The van der Waals surface area contributed by atoms with Crippen molar-refractivity contribution >= 4 is 46.7 Å². The van der Waals surface area contributed by atoms with Crippen molar-refractivity contribution in [2.24, 2.45) is 13.0 Å². The van der Waals surface area contributed by atoms with Gasteiger partial charge in [0.1, 0.15) is 22.1 Å². The van der Waals surface area contributed by atoms with Gasteiger partial charge in [0.2, 0.25) is 5.91 Å². The molecule has 7 nitrogen and oxygen atoms in total. The van der Waals surface area contributed by atoms with Gasteiger partial charge >= 0.3 is 0 Å². The lowest BCUT2D eigenvalue weighted by atomic mass is 10.3. The number of hydrogen-bond acceptors (Lipinski definition) is 5. The molecular weight excluding hydrogens is 362 g/mol. The number of aromatic nitrogens is 4. The average molecular weight is 376 g/mol. The van der Waals surface area contributed by atoms with Crippen molar-refractivity contribution in [2.45, 2.75) is 12.8 Å². The van der Waals surface area contributed by atoms with Gasteiger partial charge in [-0.15, -0.1) is 0 Å². The van der Waals surface area contributed by atoms with Gasteiger partial charge in [0.15, 0.2) is 16.2 Å². The third kappa shape index (κ3) is 3.10. The molecule has 0 atom stereocenters. The van der Waals surface area contributed by atoms with Gasteiger partial charge in [-0.05, 0) is 31.1 Å². The fourth-order valence-corrected chi connectivity index (χ4v) is 2.95. The molecule has 128 valence electrons. The highest BCUT2D eigenvalue weighted by molar-refractivity contribution is 7.71. The molecular formula is C16H14ClN5O2S. The molecule has 0 aromatic carbocycles. The highest BCUT2D eigenvalue weighted by Crippen LogP contribution is 2.34. The summed E-state index contributed by atoms with van der Waals surface area (Å²) in [6, 6.07) is 3.33. The quantitative estimate of drug-likeness (QED) is 0.677. The lowest BCUT2D eigenvalue weighted by Gasteiger charge is -2.10. The Bertz CT molecular complexity index is 1040. The van der Waals surface area contributed by atoms with Crippen molar-refractivity contribution in [3.05, 3.63) is 34.3 Å². The Morgan fingerprint density at radius 3 is 3.04 bits per heavy atom. The standard InChI is InChI=1S/C16H14ClN5O2S/c1-22-13-12(17)10(7-19-14(13)21-16(22)25)24-9-4-5-18-11(6-9)20-15(23)8-2-3-8/h4-8H,2-3H2,1H3,(H,18,20,23)(H,19,21,25). The van der Waals surface area contributed by atoms with Crippen LogP contribution in [0.5, 0.6) is 11.5 Å². The van der Waals surface area contributed by atoms with Crippen LogP contribution in [0.2, 0.25) is 5.02 Å². The van der Waals surface area contributed by atoms with Gasteiger partial charge in [0.25, 0.3) is 0 Å². The van der Waals surface area contributed by atoms with E-state index in [1.54, 1.807) is 29.9 Å². The SMILES string of the molecule is Cn1c(=S)[nH]c2ncc(Oc3ccnc(NC(=O)C4CC4)c3)c(Cl)c21. The Morgan fingerprint density at radius 2 is 2.28 bits per heavy atom. The molecule has 3 aromatic heterocycles. The summed E-state index contributed by atoms with van der Waals surface area (Å²) >= 11 is 11.6. The maximum atomic E-state index is 11.8. The molecule has 1 fully saturated rings. The zero-order valence-corrected chi connectivity index (χ0v) is 14.8. The number of H-pyrrole nitrogens is 1. The Kier molecular flexibility index (Phi) is 3.93. The Labute approximate surface area is 153 Å². The molecule has 0 unspecified atom stereocenters. The summed E-state index contributed by atoms with van der Waals surface area (Å²) in [6.45, 7) is 0. The van der Waals surface area contributed by atoms with E-state index in [0.29, 0.717) is 38.3 Å². The number of imidazole rings is 1. The van der Waals surface area contributed by atoms with Crippen molar-refractivity contribution in [1.82, 2.24) is 19.5 Å². The molecule has 0 radical (unpaired) electrons. The number of fused-ring (bicyclic) bond motifs is 1. The number of aryl methyl sites for hydroxylation is 1. The molecule has 1 amide bonds. The van der Waals surface area contributed by atoms with Gasteiger partial charge in [-0.3, -0.25) is 4.79 Å². The number of anilines is 1. The molecule has 3 aromatic rings. The Hall–Kier alpha value is -2.45. The number of rotatable bonds is 4. The van der Waals surface area contributed by atoms with Crippen molar-refractivity contribution in [2.75, 3.05) is 5.32 Å². The highest BCUT2D eigenvalue weighted by atomic mass is 35.5. The molecule has 0 bridgehead atoms. The first-order valence-electron chi connectivity index (χ1n) is 7.71. The van der Waals surface area contributed by atoms with Gasteiger partial charge in [-0.1, -0.05) is 11.6 Å². The molecule has 3 heterocycles. The zero-order chi connectivity index (χ0) is 17.6. The van der Waals surface area contributed by atoms with E-state index in [4.69, 9.17) is 28.6 Å². The minimum atomic E-state index is -0.0110. The number of carbonyl (C=O) groups is 1. The second-order valence-electron chi connectivity index (χ2n) is 5.87. The van der Waals surface area contributed by atoms with Crippen molar-refractivity contribution in [3.63, 3.8) is 0 Å². The van der Waals surface area contributed by atoms with Crippen LogP contribution in [0.4, 0.5) is 5.82 Å². The van der Waals surface area contributed by atoms with Gasteiger partial charge in [0, 0.05) is 25.2 Å². The molecule has 1 saturated carbocycles. The third-order valence-corrected chi connectivity index (χ3v) is 4.72. The summed E-state index contributed by atoms with van der Waals surface area (Å²) in [5, 5.41) is 3.19. The van der Waals surface area contributed by atoms with Crippen LogP contribution in [0.1, 0.15) is 12.8 Å². The van der Waals surface area contributed by atoms with E-state index >= 15 is 0 Å². The Morgan fingerprint density at radius 1 is 1.48 bits per heavy atom. The van der Waals surface area contributed by atoms with E-state index in [0.717, 1.165) is 12.8 Å². The van der Waals surface area contributed by atoms with Crippen LogP contribution in [0, 0.1) is 10.7 Å². The van der Waals surface area contributed by atoms with E-state index in [1.165, 1.54) is 6.20 Å². The van der Waals surface area contributed by atoms with Gasteiger partial charge in [-0.2, -0.15) is 0 Å². The molecule has 0 spiro atoms. The predicted molar refractivity (Wildman–Crippen MR) is 96.6 cm³/mol. The van der Waals surface area contributed by atoms with Crippen molar-refractivity contribution in [3.8, 4) is 11.5 Å². The summed E-state index contributed by atoms with van der Waals surface area (Å²) in [5.41, 5.74) is 1.26. The second-order valence-corrected chi connectivity index (χ2v) is 6.63. The maximum absolute atomic E-state index is 11.8. The predicted octanol–water partition coefficient (Wildman–Crippen LogP) is 3.82. The van der Waals surface area contributed by atoms with Gasteiger partial charge in [0.05, 0.1) is 6.20 Å². The number of nitrogens with zero attached hydrogens (tertiary/aromatic N) is 3. The van der Waals surface area contributed by atoms with E-state index in [1.807, 2.05) is 0 Å². The topological polar surface area (TPSA) is 84.8 Å². The van der Waals surface area contributed by atoms with Crippen LogP contribution < -0.4 is 10.1 Å². The fraction of sp³-hybridized carbons (Fsp3) is 0.250. The number of pyridine rings is 2. The monoisotopic (exact) mass is 375 g/mol. The largest absolute Gasteiger partial charge is 0.454 e. The van der Waals surface area contributed by atoms with E-state index in [-0.39, 0.29) is 11.8 Å². The van der Waals surface area contributed by atoms with Crippen molar-refractivity contribution < 1.29 is 9.53 Å². The number of carbonyl (C=O) groups excluding carboxylic acids is 1. The molecule has 9 heteroatoms. The molecule has 1 aliphatic rings. The Balaban J connectivity index is 1.62. The highest BCUT2D eigenvalue weighted by Gasteiger charge is 2.29. The number of amides is 1. The molecule has 1 aliphatic carbocycles. The number of hydrogen-bond donors (Lipinski definition) is 2. The maximum Gasteiger partial charge on any atom is 0.228 e. The smallest absolute Gasteiger partial charge is 0.228 e. The normalized spacial score (nSPS) is 13.8. The summed E-state index contributed by atoms with van der Waals surface area (Å²) in [5.74, 6) is 1.43. The van der Waals surface area contributed by atoms with Crippen LogP contribution >= 0.6 is 23.8 Å². The van der Waals surface area contributed by atoms with E-state index in [9.17, 15) is 4.79 Å². The average Bonchev–Trinajstić information content (AvgIpc) is 3.38. The number of nitrogens with one attached hydrogen (secondary N) is 2. The molecule has 4 rings (SSSR count). The second kappa shape index (κ2) is 6.12.